The van der Waals surface area contributed by atoms with Gasteiger partial charge in [0.25, 0.3) is 0 Å². The molecule has 0 aromatic rings. The molecule has 0 aromatic carbocycles. The van der Waals surface area contributed by atoms with E-state index in [0.29, 0.717) is 0 Å². The lowest BCUT2D eigenvalue weighted by Crippen LogP contribution is -2.29. The van der Waals surface area contributed by atoms with E-state index in [4.69, 9.17) is 0 Å². The number of nitrogens with one attached hydrogen (secondary N) is 2. The number of hydrogen-bond acceptors (Lipinski definition) is 2. The summed E-state index contributed by atoms with van der Waals surface area (Å²) in [5.41, 5.74) is 0.163. The Morgan fingerprint density at radius 2 is 2.00 bits per heavy atom. The fourth-order valence-electron chi connectivity index (χ4n) is 0.754. The molecule has 5 heteroatoms. The van der Waals surface area contributed by atoms with E-state index >= 15 is 0 Å². The smallest absolute Gasteiger partial charge is 0.233 e. The molecule has 0 atom stereocenters. The fourth-order valence-corrected chi connectivity index (χ4v) is 0.754. The summed E-state index contributed by atoms with van der Waals surface area (Å²) >= 11 is 0. The van der Waals surface area contributed by atoms with Crippen molar-refractivity contribution in [3.63, 3.8) is 0 Å². The van der Waals surface area contributed by atoms with Crippen LogP contribution in [0.4, 0.5) is 4.39 Å². The molecule has 15 heavy (non-hydrogen) atoms. The van der Waals surface area contributed by atoms with Crippen LogP contribution in [0.3, 0.4) is 0 Å². The van der Waals surface area contributed by atoms with E-state index in [1.807, 2.05) is 0 Å². The van der Waals surface area contributed by atoms with Crippen LogP contribution in [-0.2, 0) is 9.59 Å². The molecule has 0 unspecified atom stereocenters. The van der Waals surface area contributed by atoms with Crippen molar-refractivity contribution < 1.29 is 14.0 Å². The molecule has 0 rings (SSSR count). The van der Waals surface area contributed by atoms with Crippen molar-refractivity contribution in [3.05, 3.63) is 36.8 Å². The number of rotatable bonds is 5. The molecular formula is C10H13FN2O2. The predicted octanol–water partition coefficient (Wildman–Crippen LogP) is 0.792. The maximum absolute atomic E-state index is 12.4. The molecule has 0 aromatic heterocycles. The van der Waals surface area contributed by atoms with Crippen molar-refractivity contribution in [2.75, 3.05) is 7.05 Å². The summed E-state index contributed by atoms with van der Waals surface area (Å²) in [6.07, 6.45) is 1.95. The Bertz CT molecular complexity index is 321. The van der Waals surface area contributed by atoms with Crippen LogP contribution in [0.25, 0.3) is 0 Å². The number of carbonyl (C=O) groups is 2. The summed E-state index contributed by atoms with van der Waals surface area (Å²) in [7, 11) is 1.42. The maximum atomic E-state index is 12.4. The van der Waals surface area contributed by atoms with Crippen molar-refractivity contribution in [2.45, 2.75) is 6.42 Å². The normalized spacial score (nSPS) is 10.4. The van der Waals surface area contributed by atoms with E-state index < -0.39 is 17.6 Å². The largest absolute Gasteiger partial charge is 0.359 e. The summed E-state index contributed by atoms with van der Waals surface area (Å²) in [4.78, 5) is 22.0. The van der Waals surface area contributed by atoms with E-state index in [2.05, 4.69) is 23.8 Å². The van der Waals surface area contributed by atoms with Crippen LogP contribution in [0.1, 0.15) is 6.42 Å². The summed E-state index contributed by atoms with van der Waals surface area (Å²) < 4.78 is 12.4. The third-order valence-corrected chi connectivity index (χ3v) is 1.42. The minimum Gasteiger partial charge on any atom is -0.359 e. The Hall–Kier alpha value is -1.91. The molecule has 0 bridgehead atoms. The van der Waals surface area contributed by atoms with Gasteiger partial charge in [-0.25, -0.2) is 4.39 Å². The molecule has 0 saturated carbocycles. The molecule has 0 spiro atoms. The Kier molecular flexibility index (Phi) is 5.70. The molecule has 0 radical (unpaired) electrons. The molecule has 0 aliphatic heterocycles. The van der Waals surface area contributed by atoms with Crippen molar-refractivity contribution in [2.24, 2.45) is 0 Å². The minimum atomic E-state index is -0.704. The number of amides is 2. The molecule has 0 aliphatic carbocycles. The lowest BCUT2D eigenvalue weighted by molar-refractivity contribution is -0.128. The van der Waals surface area contributed by atoms with Crippen molar-refractivity contribution in [3.8, 4) is 0 Å². The SMILES string of the molecule is C=C/C(=C\C(=C)F)NC(=O)CC(=O)NC. The van der Waals surface area contributed by atoms with Crippen molar-refractivity contribution in [1.29, 1.82) is 0 Å². The third-order valence-electron chi connectivity index (χ3n) is 1.42. The van der Waals surface area contributed by atoms with Gasteiger partial charge in [0.15, 0.2) is 0 Å². The van der Waals surface area contributed by atoms with Gasteiger partial charge in [-0.3, -0.25) is 9.59 Å². The highest BCUT2D eigenvalue weighted by atomic mass is 19.1. The summed E-state index contributed by atoms with van der Waals surface area (Å²) in [5, 5.41) is 4.60. The Morgan fingerprint density at radius 3 is 2.40 bits per heavy atom. The van der Waals surface area contributed by atoms with Crippen LogP contribution in [0.15, 0.2) is 36.8 Å². The highest BCUT2D eigenvalue weighted by Crippen LogP contribution is 2.00. The van der Waals surface area contributed by atoms with Gasteiger partial charge in [-0.15, -0.1) is 0 Å². The van der Waals surface area contributed by atoms with E-state index in [9.17, 15) is 14.0 Å². The molecule has 4 nitrogen and oxygen atoms in total. The van der Waals surface area contributed by atoms with Crippen molar-refractivity contribution in [1.82, 2.24) is 10.6 Å². The van der Waals surface area contributed by atoms with Crippen LogP contribution in [-0.4, -0.2) is 18.9 Å². The van der Waals surface area contributed by atoms with Gasteiger partial charge < -0.3 is 10.6 Å². The van der Waals surface area contributed by atoms with Gasteiger partial charge in [-0.05, 0) is 12.2 Å². The average Bonchev–Trinajstić information content (AvgIpc) is 2.15. The van der Waals surface area contributed by atoms with Gasteiger partial charge in [0, 0.05) is 12.7 Å². The molecule has 0 saturated heterocycles. The number of carbonyl (C=O) groups excluding carboxylic acids is 2. The maximum Gasteiger partial charge on any atom is 0.233 e. The minimum absolute atomic E-state index is 0.163. The van der Waals surface area contributed by atoms with Gasteiger partial charge in [-0.2, -0.15) is 0 Å². The summed E-state index contributed by atoms with van der Waals surface area (Å²) in [5.74, 6) is -1.66. The Balaban J connectivity index is 4.32. The topological polar surface area (TPSA) is 58.2 Å². The predicted molar refractivity (Wildman–Crippen MR) is 55.4 cm³/mol. The molecular weight excluding hydrogens is 199 g/mol. The quantitative estimate of drug-likeness (QED) is 0.523. The number of allylic oxidation sites excluding steroid dienone is 3. The van der Waals surface area contributed by atoms with E-state index in [1.54, 1.807) is 0 Å². The van der Waals surface area contributed by atoms with Crippen LogP contribution >= 0.6 is 0 Å². The molecule has 2 amide bonds. The first-order valence-electron chi connectivity index (χ1n) is 4.18. The zero-order valence-corrected chi connectivity index (χ0v) is 8.47. The molecule has 82 valence electrons. The zero-order chi connectivity index (χ0) is 11.8. The highest BCUT2D eigenvalue weighted by molar-refractivity contribution is 5.97. The molecule has 2 N–H and O–H groups in total. The zero-order valence-electron chi connectivity index (χ0n) is 8.47. The second-order valence-corrected chi connectivity index (χ2v) is 2.65. The lowest BCUT2D eigenvalue weighted by Gasteiger charge is -2.04. The standard InChI is InChI=1S/C10H13FN2O2/c1-4-8(5-7(2)11)13-10(15)6-9(14)12-3/h4-5H,1-2,6H2,3H3,(H,12,14)(H,13,15)/b8-5+. The highest BCUT2D eigenvalue weighted by Gasteiger charge is 2.07. The first-order valence-corrected chi connectivity index (χ1v) is 4.18. The lowest BCUT2D eigenvalue weighted by atomic mass is 10.3. The Morgan fingerprint density at radius 1 is 1.40 bits per heavy atom. The third kappa shape index (κ3) is 6.20. The number of halogens is 1. The van der Waals surface area contributed by atoms with E-state index in [-0.39, 0.29) is 12.1 Å². The van der Waals surface area contributed by atoms with Gasteiger partial charge in [0.1, 0.15) is 12.2 Å². The van der Waals surface area contributed by atoms with Crippen LogP contribution in [0, 0.1) is 0 Å². The molecule has 0 fully saturated rings. The monoisotopic (exact) mass is 212 g/mol. The second-order valence-electron chi connectivity index (χ2n) is 2.65. The Labute approximate surface area is 87.5 Å². The summed E-state index contributed by atoms with van der Waals surface area (Å²) in [6, 6.07) is 0. The van der Waals surface area contributed by atoms with Crippen LogP contribution in [0.5, 0.6) is 0 Å². The second kappa shape index (κ2) is 6.53. The van der Waals surface area contributed by atoms with Gasteiger partial charge in [0.2, 0.25) is 11.8 Å². The fraction of sp³-hybridized carbons (Fsp3) is 0.200. The van der Waals surface area contributed by atoms with Crippen LogP contribution < -0.4 is 10.6 Å². The summed E-state index contributed by atoms with van der Waals surface area (Å²) in [6.45, 7) is 6.38. The van der Waals surface area contributed by atoms with E-state index in [0.717, 1.165) is 6.08 Å². The molecule has 0 heterocycles. The van der Waals surface area contributed by atoms with Gasteiger partial charge in [0.05, 0.1) is 0 Å². The van der Waals surface area contributed by atoms with Gasteiger partial charge >= 0.3 is 0 Å². The van der Waals surface area contributed by atoms with Crippen molar-refractivity contribution >= 4 is 11.8 Å². The average molecular weight is 212 g/mol. The first-order chi connectivity index (χ1) is 6.99. The van der Waals surface area contributed by atoms with E-state index in [1.165, 1.54) is 13.1 Å². The molecule has 0 aliphatic rings. The van der Waals surface area contributed by atoms with Crippen LogP contribution in [0.2, 0.25) is 0 Å². The number of hydrogen-bond donors (Lipinski definition) is 2. The van der Waals surface area contributed by atoms with Gasteiger partial charge in [-0.1, -0.05) is 13.2 Å². The first kappa shape index (κ1) is 13.1.